The summed E-state index contributed by atoms with van der Waals surface area (Å²) in [5.41, 5.74) is 1.90. The Bertz CT molecular complexity index is 737. The average Bonchev–Trinajstić information content (AvgIpc) is 2.63. The van der Waals surface area contributed by atoms with Gasteiger partial charge >= 0.3 is 6.03 Å². The normalized spacial score (nSPS) is 16.5. The van der Waals surface area contributed by atoms with Crippen molar-refractivity contribution in [2.75, 3.05) is 18.4 Å². The van der Waals surface area contributed by atoms with Crippen molar-refractivity contribution >= 4 is 11.7 Å². The molecule has 1 N–H and O–H groups in total. The van der Waals surface area contributed by atoms with Crippen LogP contribution >= 0.6 is 0 Å². The summed E-state index contributed by atoms with van der Waals surface area (Å²) in [4.78, 5) is 18.3. The van der Waals surface area contributed by atoms with Gasteiger partial charge in [0.05, 0.1) is 5.69 Å². The van der Waals surface area contributed by atoms with E-state index < -0.39 is 5.67 Å². The second kappa shape index (κ2) is 7.21. The first-order valence-corrected chi connectivity index (χ1v) is 8.78. The number of aryl methyl sites for hydroxylation is 2. The van der Waals surface area contributed by atoms with Crippen LogP contribution in [-0.2, 0) is 12.1 Å². The molecule has 3 rings (SSSR count). The van der Waals surface area contributed by atoms with E-state index in [0.717, 1.165) is 17.7 Å². The van der Waals surface area contributed by atoms with E-state index in [-0.39, 0.29) is 18.9 Å². The number of anilines is 1. The third-order valence-corrected chi connectivity index (χ3v) is 4.89. The monoisotopic (exact) mass is 341 g/mol. The number of nitrogens with zero attached hydrogens (tertiary/aromatic N) is 2. The molecule has 1 aliphatic heterocycles. The minimum absolute atomic E-state index is 0.177. The second-order valence-corrected chi connectivity index (χ2v) is 6.60. The van der Waals surface area contributed by atoms with Gasteiger partial charge in [0.2, 0.25) is 0 Å². The van der Waals surface area contributed by atoms with Crippen LogP contribution in [0.15, 0.2) is 42.6 Å². The van der Waals surface area contributed by atoms with Crippen molar-refractivity contribution in [1.29, 1.82) is 0 Å². The number of aromatic nitrogens is 1. The summed E-state index contributed by atoms with van der Waals surface area (Å²) in [6.45, 7) is 4.73. The Labute approximate surface area is 148 Å². The standard InChI is InChI=1S/C20H24FN3O/c1-3-16-6-8-17(9-7-16)23-19(25)24-13-10-20(21,11-14-24)18-15(2)5-4-12-22-18/h4-9,12H,3,10-11,13-14H2,1-2H3,(H,23,25). The molecule has 0 bridgehead atoms. The highest BCUT2D eigenvalue weighted by Gasteiger charge is 2.39. The molecule has 1 saturated heterocycles. The summed E-state index contributed by atoms with van der Waals surface area (Å²) in [6, 6.07) is 11.3. The van der Waals surface area contributed by atoms with Gasteiger partial charge in [-0.25, -0.2) is 9.18 Å². The number of likely N-dealkylation sites (tertiary alicyclic amines) is 1. The van der Waals surface area contributed by atoms with Crippen molar-refractivity contribution in [3.63, 3.8) is 0 Å². The smallest absolute Gasteiger partial charge is 0.321 e. The molecule has 0 aliphatic carbocycles. The van der Waals surface area contributed by atoms with Gasteiger partial charge in [-0.3, -0.25) is 4.98 Å². The molecular weight excluding hydrogens is 317 g/mol. The van der Waals surface area contributed by atoms with E-state index in [1.54, 1.807) is 11.1 Å². The maximum absolute atomic E-state index is 15.3. The van der Waals surface area contributed by atoms with Crippen LogP contribution < -0.4 is 5.32 Å². The van der Waals surface area contributed by atoms with Gasteiger partial charge in [-0.2, -0.15) is 0 Å². The molecule has 1 aromatic carbocycles. The van der Waals surface area contributed by atoms with Crippen LogP contribution in [0.2, 0.25) is 0 Å². The number of halogens is 1. The predicted octanol–water partition coefficient (Wildman–Crippen LogP) is 4.45. The summed E-state index contributed by atoms with van der Waals surface area (Å²) in [6.07, 6.45) is 3.13. The Morgan fingerprint density at radius 2 is 1.92 bits per heavy atom. The van der Waals surface area contributed by atoms with Crippen LogP contribution in [0.25, 0.3) is 0 Å². The fourth-order valence-electron chi connectivity index (χ4n) is 3.28. The summed E-state index contributed by atoms with van der Waals surface area (Å²) in [5, 5.41) is 2.89. The maximum atomic E-state index is 15.3. The zero-order valence-corrected chi connectivity index (χ0v) is 14.8. The van der Waals surface area contributed by atoms with Gasteiger partial charge in [0.1, 0.15) is 0 Å². The van der Waals surface area contributed by atoms with Gasteiger partial charge < -0.3 is 10.2 Å². The van der Waals surface area contributed by atoms with Crippen LogP contribution in [0.3, 0.4) is 0 Å². The first-order chi connectivity index (χ1) is 12.0. The topological polar surface area (TPSA) is 45.2 Å². The quantitative estimate of drug-likeness (QED) is 0.897. The molecule has 0 spiro atoms. The van der Waals surface area contributed by atoms with E-state index in [9.17, 15) is 4.79 Å². The first kappa shape index (κ1) is 17.4. The minimum atomic E-state index is -1.45. The lowest BCUT2D eigenvalue weighted by Gasteiger charge is -2.36. The fraction of sp³-hybridized carbons (Fsp3) is 0.400. The summed E-state index contributed by atoms with van der Waals surface area (Å²) in [7, 11) is 0. The lowest BCUT2D eigenvalue weighted by atomic mass is 9.87. The number of amides is 2. The lowest BCUT2D eigenvalue weighted by Crippen LogP contribution is -2.45. The zero-order valence-electron chi connectivity index (χ0n) is 14.8. The Morgan fingerprint density at radius 3 is 2.52 bits per heavy atom. The number of hydrogen-bond acceptors (Lipinski definition) is 2. The number of rotatable bonds is 3. The molecule has 0 saturated carbocycles. The minimum Gasteiger partial charge on any atom is -0.324 e. The third kappa shape index (κ3) is 3.81. The molecule has 5 heteroatoms. The summed E-state index contributed by atoms with van der Waals surface area (Å²) < 4.78 is 15.3. The molecule has 25 heavy (non-hydrogen) atoms. The molecule has 2 heterocycles. The highest BCUT2D eigenvalue weighted by Crippen LogP contribution is 2.37. The fourth-order valence-corrected chi connectivity index (χ4v) is 3.28. The van der Waals surface area contributed by atoms with Crippen LogP contribution in [0.5, 0.6) is 0 Å². The van der Waals surface area contributed by atoms with E-state index in [1.807, 2.05) is 43.3 Å². The van der Waals surface area contributed by atoms with Crippen LogP contribution in [0.1, 0.15) is 36.6 Å². The molecule has 2 amide bonds. The molecule has 0 unspecified atom stereocenters. The average molecular weight is 341 g/mol. The molecule has 2 aromatic rings. The molecular formula is C20H24FN3O. The van der Waals surface area contributed by atoms with Crippen molar-refractivity contribution in [3.8, 4) is 0 Å². The van der Waals surface area contributed by atoms with Crippen LogP contribution in [-0.4, -0.2) is 29.0 Å². The van der Waals surface area contributed by atoms with Crippen molar-refractivity contribution in [1.82, 2.24) is 9.88 Å². The number of carbonyl (C=O) groups is 1. The van der Waals surface area contributed by atoms with Crippen molar-refractivity contribution < 1.29 is 9.18 Å². The Morgan fingerprint density at radius 1 is 1.24 bits per heavy atom. The highest BCUT2D eigenvalue weighted by atomic mass is 19.1. The van der Waals surface area contributed by atoms with E-state index in [1.165, 1.54) is 5.56 Å². The molecule has 0 radical (unpaired) electrons. The molecule has 132 valence electrons. The van der Waals surface area contributed by atoms with E-state index in [2.05, 4.69) is 17.2 Å². The van der Waals surface area contributed by atoms with Gasteiger partial charge in [-0.1, -0.05) is 25.1 Å². The van der Waals surface area contributed by atoms with Crippen molar-refractivity contribution in [3.05, 3.63) is 59.4 Å². The number of urea groups is 1. The van der Waals surface area contributed by atoms with Gasteiger partial charge in [-0.05, 0) is 42.7 Å². The van der Waals surface area contributed by atoms with Gasteiger partial charge in [-0.15, -0.1) is 0 Å². The predicted molar refractivity (Wildman–Crippen MR) is 97.4 cm³/mol. The summed E-state index contributed by atoms with van der Waals surface area (Å²) in [5.74, 6) is 0. The highest BCUT2D eigenvalue weighted by molar-refractivity contribution is 5.89. The van der Waals surface area contributed by atoms with Gasteiger partial charge in [0, 0.05) is 37.8 Å². The number of hydrogen-bond donors (Lipinski definition) is 1. The van der Waals surface area contributed by atoms with Crippen molar-refractivity contribution in [2.24, 2.45) is 0 Å². The molecule has 0 atom stereocenters. The SMILES string of the molecule is CCc1ccc(NC(=O)N2CCC(F)(c3ncccc3C)CC2)cc1. The molecule has 1 aliphatic rings. The Hall–Kier alpha value is -2.43. The molecule has 1 aromatic heterocycles. The maximum Gasteiger partial charge on any atom is 0.321 e. The number of carbonyl (C=O) groups excluding carboxylic acids is 1. The van der Waals surface area contributed by atoms with Gasteiger partial charge in [0.15, 0.2) is 5.67 Å². The van der Waals surface area contributed by atoms with E-state index in [4.69, 9.17) is 0 Å². The second-order valence-electron chi connectivity index (χ2n) is 6.60. The van der Waals surface area contributed by atoms with E-state index >= 15 is 4.39 Å². The van der Waals surface area contributed by atoms with Crippen LogP contribution in [0, 0.1) is 6.92 Å². The van der Waals surface area contributed by atoms with Crippen molar-refractivity contribution in [2.45, 2.75) is 38.8 Å². The number of piperidine rings is 1. The number of nitrogens with one attached hydrogen (secondary N) is 1. The molecule has 4 nitrogen and oxygen atoms in total. The largest absolute Gasteiger partial charge is 0.324 e. The Kier molecular flexibility index (Phi) is 5.02. The zero-order chi connectivity index (χ0) is 17.9. The Balaban J connectivity index is 1.61. The van der Waals surface area contributed by atoms with E-state index in [0.29, 0.717) is 18.8 Å². The first-order valence-electron chi connectivity index (χ1n) is 8.78. The number of pyridine rings is 1. The third-order valence-electron chi connectivity index (χ3n) is 4.89. The molecule has 1 fully saturated rings. The number of alkyl halides is 1. The summed E-state index contributed by atoms with van der Waals surface area (Å²) >= 11 is 0. The lowest BCUT2D eigenvalue weighted by molar-refractivity contribution is 0.0677. The number of benzene rings is 1. The van der Waals surface area contributed by atoms with Crippen LogP contribution in [0.4, 0.5) is 14.9 Å². The van der Waals surface area contributed by atoms with Gasteiger partial charge in [0.25, 0.3) is 0 Å².